The number of hydrogen-bond donors (Lipinski definition) is 1. The molecule has 1 aliphatic rings. The highest BCUT2D eigenvalue weighted by Crippen LogP contribution is 2.35. The first-order chi connectivity index (χ1) is 9.70. The molecule has 1 amide bonds. The molecule has 106 valence electrons. The van der Waals surface area contributed by atoms with Crippen molar-refractivity contribution >= 4 is 17.5 Å². The number of rotatable bonds is 4. The lowest BCUT2D eigenvalue weighted by atomic mass is 9.81. The van der Waals surface area contributed by atoms with Gasteiger partial charge in [-0.1, -0.05) is 43.0 Å². The van der Waals surface area contributed by atoms with Crippen LogP contribution in [0, 0.1) is 17.2 Å². The van der Waals surface area contributed by atoms with E-state index in [2.05, 4.69) is 5.32 Å². The summed E-state index contributed by atoms with van der Waals surface area (Å²) in [6.07, 6.45) is 5.81. The Morgan fingerprint density at radius 2 is 2.15 bits per heavy atom. The first-order valence-corrected chi connectivity index (χ1v) is 7.50. The van der Waals surface area contributed by atoms with Gasteiger partial charge in [0.25, 0.3) is 0 Å². The number of nitrogens with zero attached hydrogens (tertiary/aromatic N) is 1. The zero-order valence-electron chi connectivity index (χ0n) is 11.4. The first-order valence-electron chi connectivity index (χ1n) is 7.12. The number of hydrogen-bond acceptors (Lipinski definition) is 2. The van der Waals surface area contributed by atoms with Crippen LogP contribution in [0.3, 0.4) is 0 Å². The molecular weight excluding hydrogens is 272 g/mol. The Morgan fingerprint density at radius 1 is 1.40 bits per heavy atom. The van der Waals surface area contributed by atoms with Crippen LogP contribution in [0.1, 0.15) is 50.1 Å². The van der Waals surface area contributed by atoms with Gasteiger partial charge in [0.1, 0.15) is 6.42 Å². The van der Waals surface area contributed by atoms with Gasteiger partial charge in [0.05, 0.1) is 12.1 Å². The normalized spacial score (nSPS) is 17.2. The van der Waals surface area contributed by atoms with Crippen molar-refractivity contribution in [3.8, 4) is 6.07 Å². The van der Waals surface area contributed by atoms with Gasteiger partial charge in [-0.2, -0.15) is 5.26 Å². The van der Waals surface area contributed by atoms with Gasteiger partial charge < -0.3 is 5.32 Å². The van der Waals surface area contributed by atoms with Crippen LogP contribution in [0.25, 0.3) is 0 Å². The molecule has 1 saturated carbocycles. The van der Waals surface area contributed by atoms with Crippen LogP contribution in [0.5, 0.6) is 0 Å². The summed E-state index contributed by atoms with van der Waals surface area (Å²) in [6.45, 7) is 0. The molecule has 1 fully saturated rings. The highest BCUT2D eigenvalue weighted by atomic mass is 35.5. The van der Waals surface area contributed by atoms with Crippen molar-refractivity contribution in [2.75, 3.05) is 0 Å². The van der Waals surface area contributed by atoms with Crippen LogP contribution in [0.2, 0.25) is 5.02 Å². The summed E-state index contributed by atoms with van der Waals surface area (Å²) in [7, 11) is 0. The van der Waals surface area contributed by atoms with E-state index >= 15 is 0 Å². The third-order valence-corrected chi connectivity index (χ3v) is 4.12. The number of benzene rings is 1. The summed E-state index contributed by atoms with van der Waals surface area (Å²) in [4.78, 5) is 11.8. The number of halogens is 1. The van der Waals surface area contributed by atoms with Gasteiger partial charge in [0.2, 0.25) is 5.91 Å². The molecule has 4 heteroatoms. The number of amides is 1. The average Bonchev–Trinajstić information content (AvgIpc) is 2.46. The Balaban J connectivity index is 2.18. The van der Waals surface area contributed by atoms with E-state index in [4.69, 9.17) is 16.9 Å². The highest BCUT2D eigenvalue weighted by molar-refractivity contribution is 6.30. The largest absolute Gasteiger partial charge is 0.348 e. The van der Waals surface area contributed by atoms with Crippen molar-refractivity contribution in [2.24, 2.45) is 5.92 Å². The van der Waals surface area contributed by atoms with Crippen LogP contribution >= 0.6 is 11.6 Å². The second-order valence-corrected chi connectivity index (χ2v) is 5.77. The molecule has 1 aromatic rings. The highest BCUT2D eigenvalue weighted by Gasteiger charge is 2.26. The second-order valence-electron chi connectivity index (χ2n) is 5.33. The first kappa shape index (κ1) is 14.9. The Morgan fingerprint density at radius 3 is 2.80 bits per heavy atom. The fourth-order valence-electron chi connectivity index (χ4n) is 2.94. The van der Waals surface area contributed by atoms with Crippen LogP contribution < -0.4 is 5.32 Å². The van der Waals surface area contributed by atoms with Crippen molar-refractivity contribution in [2.45, 2.75) is 44.6 Å². The Kier molecular flexibility index (Phi) is 5.43. The molecule has 0 aromatic heterocycles. The minimum Gasteiger partial charge on any atom is -0.348 e. The molecule has 0 bridgehead atoms. The van der Waals surface area contributed by atoms with Crippen molar-refractivity contribution < 1.29 is 4.79 Å². The van der Waals surface area contributed by atoms with E-state index in [1.54, 1.807) is 0 Å². The van der Waals surface area contributed by atoms with Gasteiger partial charge in [0.15, 0.2) is 0 Å². The minimum atomic E-state index is -0.206. The monoisotopic (exact) mass is 290 g/mol. The molecule has 2 rings (SSSR count). The van der Waals surface area contributed by atoms with Crippen LogP contribution in [-0.4, -0.2) is 5.91 Å². The number of carbonyl (C=O) groups excluding carboxylic acids is 1. The van der Waals surface area contributed by atoms with Crippen molar-refractivity contribution in [1.82, 2.24) is 5.32 Å². The van der Waals surface area contributed by atoms with E-state index in [0.29, 0.717) is 10.9 Å². The zero-order valence-corrected chi connectivity index (χ0v) is 12.2. The van der Waals surface area contributed by atoms with Gasteiger partial charge in [-0.15, -0.1) is 0 Å². The van der Waals surface area contributed by atoms with E-state index in [1.807, 2.05) is 30.3 Å². The lowest BCUT2D eigenvalue weighted by molar-refractivity contribution is -0.121. The topological polar surface area (TPSA) is 52.9 Å². The van der Waals surface area contributed by atoms with E-state index in [0.717, 1.165) is 18.4 Å². The standard InChI is InChI=1S/C16H19ClN2O/c17-14-8-4-7-13(11-14)16(19-15(20)9-10-18)12-5-2-1-3-6-12/h4,7-8,11-12,16H,1-3,5-6,9H2,(H,19,20). The third kappa shape index (κ3) is 3.98. The summed E-state index contributed by atoms with van der Waals surface area (Å²) in [5, 5.41) is 12.3. The number of nitriles is 1. The summed E-state index contributed by atoms with van der Waals surface area (Å²) in [5.41, 5.74) is 1.04. The molecule has 3 nitrogen and oxygen atoms in total. The van der Waals surface area contributed by atoms with Crippen LogP contribution in [0.4, 0.5) is 0 Å². The minimum absolute atomic E-state index is 0.0325. The van der Waals surface area contributed by atoms with Crippen molar-refractivity contribution in [3.05, 3.63) is 34.9 Å². The van der Waals surface area contributed by atoms with Gasteiger partial charge in [0, 0.05) is 5.02 Å². The lowest BCUT2D eigenvalue weighted by Crippen LogP contribution is -2.34. The Labute approximate surface area is 124 Å². The molecule has 1 atom stereocenters. The number of nitrogens with one attached hydrogen (secondary N) is 1. The van der Waals surface area contributed by atoms with Gasteiger partial charge in [-0.3, -0.25) is 4.79 Å². The van der Waals surface area contributed by atoms with Crippen molar-refractivity contribution in [3.63, 3.8) is 0 Å². The molecule has 1 N–H and O–H groups in total. The average molecular weight is 291 g/mol. The van der Waals surface area contributed by atoms with Gasteiger partial charge in [-0.25, -0.2) is 0 Å². The quantitative estimate of drug-likeness (QED) is 0.911. The van der Waals surface area contributed by atoms with E-state index in [-0.39, 0.29) is 18.4 Å². The van der Waals surface area contributed by atoms with Gasteiger partial charge in [-0.05, 0) is 36.5 Å². The fourth-order valence-corrected chi connectivity index (χ4v) is 3.14. The molecule has 20 heavy (non-hydrogen) atoms. The molecule has 0 radical (unpaired) electrons. The summed E-state index contributed by atoms with van der Waals surface area (Å²) < 4.78 is 0. The molecular formula is C16H19ClN2O. The zero-order chi connectivity index (χ0) is 14.4. The lowest BCUT2D eigenvalue weighted by Gasteiger charge is -2.31. The molecule has 0 saturated heterocycles. The maximum absolute atomic E-state index is 11.8. The smallest absolute Gasteiger partial charge is 0.234 e. The maximum atomic E-state index is 11.8. The Hall–Kier alpha value is -1.53. The summed E-state index contributed by atoms with van der Waals surface area (Å²) >= 11 is 6.06. The van der Waals surface area contributed by atoms with E-state index in [9.17, 15) is 4.79 Å². The third-order valence-electron chi connectivity index (χ3n) is 3.89. The van der Waals surface area contributed by atoms with Gasteiger partial charge >= 0.3 is 0 Å². The number of carbonyl (C=O) groups is 1. The predicted molar refractivity (Wildman–Crippen MR) is 79.1 cm³/mol. The molecule has 0 spiro atoms. The fraction of sp³-hybridized carbons (Fsp3) is 0.500. The van der Waals surface area contributed by atoms with Crippen molar-refractivity contribution in [1.29, 1.82) is 5.26 Å². The molecule has 1 unspecified atom stereocenters. The second kappa shape index (κ2) is 7.31. The molecule has 0 aliphatic heterocycles. The summed E-state index contributed by atoms with van der Waals surface area (Å²) in [5.74, 6) is 0.230. The van der Waals surface area contributed by atoms with Crippen LogP contribution in [-0.2, 0) is 4.79 Å². The molecule has 1 aromatic carbocycles. The molecule has 1 aliphatic carbocycles. The van der Waals surface area contributed by atoms with E-state index < -0.39 is 0 Å². The molecule has 0 heterocycles. The predicted octanol–water partition coefficient (Wildman–Crippen LogP) is 3.99. The summed E-state index contributed by atoms with van der Waals surface area (Å²) in [6, 6.07) is 9.52. The Bertz CT molecular complexity index is 503. The van der Waals surface area contributed by atoms with Crippen LogP contribution in [0.15, 0.2) is 24.3 Å². The SMILES string of the molecule is N#CCC(=O)NC(c1cccc(Cl)c1)C1CCCCC1. The van der Waals surface area contributed by atoms with E-state index in [1.165, 1.54) is 19.3 Å². The maximum Gasteiger partial charge on any atom is 0.234 e.